The number of hydrogen-bond acceptors (Lipinski definition) is 6. The molecule has 0 unspecified atom stereocenters. The third kappa shape index (κ3) is 7.02. The van der Waals surface area contributed by atoms with Gasteiger partial charge in [0.2, 0.25) is 0 Å². The minimum Gasteiger partial charge on any atom is -0.481 e. The van der Waals surface area contributed by atoms with Crippen molar-refractivity contribution in [2.24, 2.45) is 11.8 Å². The Morgan fingerprint density at radius 3 is 2.26 bits per heavy atom. The monoisotopic (exact) mass is 476 g/mol. The molecule has 7 nitrogen and oxygen atoms in total. The molecule has 0 amide bonds. The van der Waals surface area contributed by atoms with Crippen molar-refractivity contribution in [3.05, 3.63) is 12.2 Å². The number of carbonyl (C=O) groups is 1. The molecule has 0 aromatic rings. The largest absolute Gasteiger partial charge is 0.481 e. The van der Waals surface area contributed by atoms with Crippen LogP contribution in [-0.2, 0) is 29.2 Å². The Balaban J connectivity index is 1.52. The highest BCUT2D eigenvalue weighted by Gasteiger charge is 2.49. The Bertz CT molecular complexity index is 841. The zero-order valence-corrected chi connectivity index (χ0v) is 19.8. The molecule has 4 atom stereocenters. The van der Waals surface area contributed by atoms with Crippen LogP contribution in [0, 0.1) is 11.8 Å². The summed E-state index contributed by atoms with van der Waals surface area (Å²) in [7, 11) is -6.86. The van der Waals surface area contributed by atoms with E-state index in [1.165, 1.54) is 0 Å². The minimum atomic E-state index is -3.49. The van der Waals surface area contributed by atoms with E-state index >= 15 is 0 Å². The highest BCUT2D eigenvalue weighted by Crippen LogP contribution is 2.45. The normalized spacial score (nSPS) is 29.7. The van der Waals surface area contributed by atoms with E-state index in [1.54, 1.807) is 0 Å². The molecular weight excluding hydrogens is 440 g/mol. The molecule has 178 valence electrons. The van der Waals surface area contributed by atoms with Crippen LogP contribution in [0.1, 0.15) is 70.6 Å². The molecule has 0 spiro atoms. The molecule has 1 N–H and O–H groups in total. The van der Waals surface area contributed by atoms with Crippen LogP contribution < -0.4 is 0 Å². The number of unbranched alkanes of at least 4 members (excludes halogenated alkanes) is 1. The fourth-order valence-electron chi connectivity index (χ4n) is 5.38. The Morgan fingerprint density at radius 2 is 1.58 bits per heavy atom. The Morgan fingerprint density at radius 1 is 0.903 bits per heavy atom. The van der Waals surface area contributed by atoms with Gasteiger partial charge in [-0.3, -0.25) is 4.79 Å². The molecule has 0 radical (unpaired) electrons. The molecule has 31 heavy (non-hydrogen) atoms. The number of allylic oxidation sites excluding steroid dienone is 2. The summed E-state index contributed by atoms with van der Waals surface area (Å²) in [5, 5.41) is 8.32. The van der Waals surface area contributed by atoms with Crippen LogP contribution in [0.4, 0.5) is 0 Å². The number of sulfone groups is 2. The molecule has 2 aliphatic heterocycles. The van der Waals surface area contributed by atoms with E-state index in [0.29, 0.717) is 25.7 Å². The first-order valence-corrected chi connectivity index (χ1v) is 15.2. The van der Waals surface area contributed by atoms with Gasteiger partial charge in [-0.25, -0.2) is 16.8 Å². The first-order chi connectivity index (χ1) is 14.7. The van der Waals surface area contributed by atoms with Gasteiger partial charge in [-0.05, 0) is 50.9 Å². The quantitative estimate of drug-likeness (QED) is 0.340. The van der Waals surface area contributed by atoms with Crippen LogP contribution in [0.15, 0.2) is 12.2 Å². The summed E-state index contributed by atoms with van der Waals surface area (Å²) in [6.07, 6.45) is 12.1. The lowest BCUT2D eigenvalue weighted by atomic mass is 9.78. The molecule has 2 saturated heterocycles. The molecule has 3 fully saturated rings. The zero-order valence-electron chi connectivity index (χ0n) is 18.2. The second-order valence-corrected chi connectivity index (χ2v) is 14.0. The number of hydrogen-bond donors (Lipinski definition) is 1. The summed E-state index contributed by atoms with van der Waals surface area (Å²) in [6.45, 7) is 0. The van der Waals surface area contributed by atoms with Crippen LogP contribution >= 0.6 is 0 Å². The number of carboxylic acid groups (broad SMARTS) is 1. The van der Waals surface area contributed by atoms with Crippen molar-refractivity contribution in [1.82, 2.24) is 0 Å². The summed E-state index contributed by atoms with van der Waals surface area (Å²) < 4.78 is 56.8. The third-order valence-corrected chi connectivity index (χ3v) is 11.3. The molecule has 2 bridgehead atoms. The summed E-state index contributed by atoms with van der Waals surface area (Å²) in [5.41, 5.74) is 0. The van der Waals surface area contributed by atoms with Gasteiger partial charge >= 0.3 is 5.97 Å². The molecular formula is C22H36O7S2. The van der Waals surface area contributed by atoms with Gasteiger partial charge in [-0.15, -0.1) is 0 Å². The topological polar surface area (TPSA) is 115 Å². The number of ether oxygens (including phenoxy) is 1. The van der Waals surface area contributed by atoms with E-state index in [9.17, 15) is 21.6 Å². The van der Waals surface area contributed by atoms with Gasteiger partial charge < -0.3 is 9.84 Å². The van der Waals surface area contributed by atoms with Gasteiger partial charge in [0.1, 0.15) is 0 Å². The Hall–Kier alpha value is -0.930. The van der Waals surface area contributed by atoms with Crippen molar-refractivity contribution in [2.45, 2.75) is 88.1 Å². The van der Waals surface area contributed by atoms with Crippen molar-refractivity contribution in [1.29, 1.82) is 0 Å². The van der Waals surface area contributed by atoms with Crippen molar-refractivity contribution in [3.63, 3.8) is 0 Å². The minimum absolute atomic E-state index is 0.00806. The van der Waals surface area contributed by atoms with E-state index in [4.69, 9.17) is 9.84 Å². The molecule has 3 aliphatic rings. The maximum atomic E-state index is 12.8. The fourth-order valence-corrected chi connectivity index (χ4v) is 9.93. The lowest BCUT2D eigenvalue weighted by molar-refractivity contribution is -0.137. The van der Waals surface area contributed by atoms with Gasteiger partial charge in [0, 0.05) is 12.3 Å². The number of carboxylic acids is 1. The molecule has 0 aromatic heterocycles. The van der Waals surface area contributed by atoms with Gasteiger partial charge in [0.25, 0.3) is 0 Å². The lowest BCUT2D eigenvalue weighted by Gasteiger charge is -2.27. The van der Waals surface area contributed by atoms with E-state index in [-0.39, 0.29) is 53.0 Å². The Labute approximate surface area is 186 Å². The van der Waals surface area contributed by atoms with E-state index in [0.717, 1.165) is 38.5 Å². The van der Waals surface area contributed by atoms with Crippen LogP contribution in [0.3, 0.4) is 0 Å². The van der Waals surface area contributed by atoms with E-state index < -0.39 is 25.6 Å². The number of aliphatic carboxylic acids is 1. The SMILES string of the molecule is O=C(O)CCCC=CC[C@@H]1[C@H](CS(=O)(=O)CCS(=O)(=O)C2CCCCC2)[C@@H]2CC[C@H]1O2. The molecule has 3 rings (SSSR count). The van der Waals surface area contributed by atoms with Crippen LogP contribution in [0.2, 0.25) is 0 Å². The van der Waals surface area contributed by atoms with Gasteiger partial charge in [-0.2, -0.15) is 0 Å². The molecule has 9 heteroatoms. The average molecular weight is 477 g/mol. The third-order valence-electron chi connectivity index (χ3n) is 7.11. The average Bonchev–Trinajstić information content (AvgIpc) is 3.32. The molecule has 0 aromatic carbocycles. The molecule has 1 saturated carbocycles. The van der Waals surface area contributed by atoms with Crippen molar-refractivity contribution >= 4 is 25.6 Å². The molecule has 1 aliphatic carbocycles. The van der Waals surface area contributed by atoms with Gasteiger partial charge in [0.15, 0.2) is 19.7 Å². The predicted octanol–water partition coefficient (Wildman–Crippen LogP) is 3.14. The summed E-state index contributed by atoms with van der Waals surface area (Å²) in [6, 6.07) is 0. The summed E-state index contributed by atoms with van der Waals surface area (Å²) in [4.78, 5) is 10.6. The summed E-state index contributed by atoms with van der Waals surface area (Å²) in [5.74, 6) is -1.34. The van der Waals surface area contributed by atoms with Crippen molar-refractivity contribution in [2.75, 3.05) is 17.3 Å². The van der Waals surface area contributed by atoms with Crippen LogP contribution in [0.5, 0.6) is 0 Å². The first kappa shape index (κ1) is 24.7. The number of rotatable bonds is 12. The van der Waals surface area contributed by atoms with Crippen molar-refractivity contribution in [3.8, 4) is 0 Å². The fraction of sp³-hybridized carbons (Fsp3) is 0.864. The lowest BCUT2D eigenvalue weighted by Crippen LogP contribution is -2.35. The highest BCUT2D eigenvalue weighted by atomic mass is 32.2. The zero-order chi connectivity index (χ0) is 22.5. The smallest absolute Gasteiger partial charge is 0.303 e. The standard InChI is InChI=1S/C22H36O7S2/c23-22(24)11-7-2-1-6-10-18-19(21-13-12-20(18)29-21)16-30(25,26)14-15-31(27,28)17-8-4-3-5-9-17/h1,6,17-21H,2-5,7-16H2,(H,23,24)/t18-,19+,20-,21+/m1/s1. The van der Waals surface area contributed by atoms with E-state index in [2.05, 4.69) is 0 Å². The van der Waals surface area contributed by atoms with Crippen LogP contribution in [0.25, 0.3) is 0 Å². The second-order valence-electron chi connectivity index (χ2n) is 9.35. The maximum Gasteiger partial charge on any atom is 0.303 e. The Kier molecular flexibility index (Phi) is 8.60. The maximum absolute atomic E-state index is 12.8. The van der Waals surface area contributed by atoms with Crippen LogP contribution in [-0.4, -0.2) is 62.6 Å². The van der Waals surface area contributed by atoms with Gasteiger partial charge in [0.05, 0.1) is 34.7 Å². The second kappa shape index (κ2) is 10.8. The highest BCUT2D eigenvalue weighted by molar-refractivity contribution is 7.95. The van der Waals surface area contributed by atoms with Crippen molar-refractivity contribution < 1.29 is 31.5 Å². The van der Waals surface area contributed by atoms with Gasteiger partial charge in [-0.1, -0.05) is 31.4 Å². The van der Waals surface area contributed by atoms with E-state index in [1.807, 2.05) is 12.2 Å². The summed E-state index contributed by atoms with van der Waals surface area (Å²) >= 11 is 0. The predicted molar refractivity (Wildman–Crippen MR) is 119 cm³/mol. The molecule has 2 heterocycles. The first-order valence-electron chi connectivity index (χ1n) is 11.6. The number of fused-ring (bicyclic) bond motifs is 2.